The van der Waals surface area contributed by atoms with Crippen molar-refractivity contribution in [3.8, 4) is 0 Å². The molecule has 0 aliphatic heterocycles. The van der Waals surface area contributed by atoms with Gasteiger partial charge in [-0.25, -0.2) is 0 Å². The van der Waals surface area contributed by atoms with Gasteiger partial charge in [0, 0.05) is 31.4 Å². The fraction of sp³-hybridized carbons (Fsp3) is 0.562. The summed E-state index contributed by atoms with van der Waals surface area (Å²) in [5, 5.41) is 7.87. The molecule has 0 bridgehead atoms. The lowest BCUT2D eigenvalue weighted by molar-refractivity contribution is 0.422. The zero-order valence-corrected chi connectivity index (χ0v) is 12.5. The minimum atomic E-state index is 0.537. The molecule has 4 nitrogen and oxygen atoms in total. The molecule has 2 aromatic heterocycles. The van der Waals surface area contributed by atoms with Crippen molar-refractivity contribution in [3.63, 3.8) is 0 Å². The fourth-order valence-electron chi connectivity index (χ4n) is 2.44. The highest BCUT2D eigenvalue weighted by Crippen LogP contribution is 2.11. The first-order valence-corrected chi connectivity index (χ1v) is 7.52. The van der Waals surface area contributed by atoms with Crippen LogP contribution in [-0.2, 0) is 19.9 Å². The molecular weight excluding hydrogens is 250 g/mol. The summed E-state index contributed by atoms with van der Waals surface area (Å²) >= 11 is 0. The molecule has 1 atom stereocenters. The molecule has 0 saturated carbocycles. The zero-order valence-electron chi connectivity index (χ0n) is 12.5. The van der Waals surface area contributed by atoms with Crippen LogP contribution in [0.15, 0.2) is 35.1 Å². The van der Waals surface area contributed by atoms with E-state index in [9.17, 15) is 0 Å². The zero-order chi connectivity index (χ0) is 14.2. The number of aryl methyl sites for hydroxylation is 3. The third-order valence-corrected chi connectivity index (χ3v) is 3.67. The van der Waals surface area contributed by atoms with Crippen molar-refractivity contribution in [2.45, 2.75) is 45.1 Å². The van der Waals surface area contributed by atoms with Crippen molar-refractivity contribution in [3.05, 3.63) is 42.1 Å². The summed E-state index contributed by atoms with van der Waals surface area (Å²) in [5.41, 5.74) is 1.30. The van der Waals surface area contributed by atoms with Crippen molar-refractivity contribution >= 4 is 0 Å². The lowest BCUT2D eigenvalue weighted by Crippen LogP contribution is -2.31. The van der Waals surface area contributed by atoms with E-state index in [1.807, 2.05) is 24.0 Å². The predicted octanol–water partition coefficient (Wildman–Crippen LogP) is 2.95. The average molecular weight is 275 g/mol. The molecular formula is C16H25N3O. The molecule has 0 aliphatic rings. The number of rotatable bonds is 9. The summed E-state index contributed by atoms with van der Waals surface area (Å²) in [6.45, 7) is 3.28. The Morgan fingerprint density at radius 2 is 2.15 bits per heavy atom. The lowest BCUT2D eigenvalue weighted by atomic mass is 10.0. The van der Waals surface area contributed by atoms with Crippen LogP contribution in [-0.4, -0.2) is 22.4 Å². The maximum absolute atomic E-state index is 5.42. The molecule has 2 aromatic rings. The van der Waals surface area contributed by atoms with E-state index in [1.165, 1.54) is 12.1 Å². The molecule has 0 saturated heterocycles. The van der Waals surface area contributed by atoms with E-state index in [1.54, 1.807) is 6.26 Å². The van der Waals surface area contributed by atoms with Crippen LogP contribution in [0.5, 0.6) is 0 Å². The highest BCUT2D eigenvalue weighted by Gasteiger charge is 2.10. The topological polar surface area (TPSA) is 43.0 Å². The van der Waals surface area contributed by atoms with E-state index in [0.717, 1.165) is 38.0 Å². The minimum Gasteiger partial charge on any atom is -0.469 e. The molecule has 20 heavy (non-hydrogen) atoms. The van der Waals surface area contributed by atoms with Crippen LogP contribution in [0.3, 0.4) is 0 Å². The van der Waals surface area contributed by atoms with Gasteiger partial charge in [-0.3, -0.25) is 4.68 Å². The number of aromatic nitrogens is 2. The third kappa shape index (κ3) is 4.53. The van der Waals surface area contributed by atoms with Crippen molar-refractivity contribution in [2.75, 3.05) is 6.54 Å². The van der Waals surface area contributed by atoms with Crippen LogP contribution < -0.4 is 5.32 Å². The van der Waals surface area contributed by atoms with Gasteiger partial charge in [0.05, 0.1) is 6.26 Å². The molecule has 0 aromatic carbocycles. The first kappa shape index (κ1) is 14.9. The number of nitrogens with one attached hydrogen (secondary N) is 1. The molecule has 4 heteroatoms. The summed E-state index contributed by atoms with van der Waals surface area (Å²) in [6.07, 6.45) is 9.11. The van der Waals surface area contributed by atoms with Crippen molar-refractivity contribution in [1.29, 1.82) is 0 Å². The maximum atomic E-state index is 5.42. The Kier molecular flexibility index (Phi) is 5.87. The monoisotopic (exact) mass is 275 g/mol. The Morgan fingerprint density at radius 3 is 2.80 bits per heavy atom. The molecule has 2 heterocycles. The highest BCUT2D eigenvalue weighted by molar-refractivity contribution is 5.01. The first-order valence-electron chi connectivity index (χ1n) is 7.52. The van der Waals surface area contributed by atoms with Crippen LogP contribution >= 0.6 is 0 Å². The van der Waals surface area contributed by atoms with Gasteiger partial charge in [-0.1, -0.05) is 6.92 Å². The van der Waals surface area contributed by atoms with Crippen LogP contribution in [0.1, 0.15) is 37.6 Å². The van der Waals surface area contributed by atoms with Crippen LogP contribution in [0.2, 0.25) is 0 Å². The minimum absolute atomic E-state index is 0.537. The lowest BCUT2D eigenvalue weighted by Gasteiger charge is -2.18. The Morgan fingerprint density at radius 1 is 1.30 bits per heavy atom. The molecule has 0 fully saturated rings. The van der Waals surface area contributed by atoms with E-state index < -0.39 is 0 Å². The Labute approximate surface area is 121 Å². The molecule has 1 N–H and O–H groups in total. The van der Waals surface area contributed by atoms with Gasteiger partial charge in [0.1, 0.15) is 5.76 Å². The summed E-state index contributed by atoms with van der Waals surface area (Å²) in [7, 11) is 2.01. The van der Waals surface area contributed by atoms with Gasteiger partial charge in [-0.05, 0) is 50.4 Å². The fourth-order valence-corrected chi connectivity index (χ4v) is 2.44. The Bertz CT molecular complexity index is 476. The summed E-state index contributed by atoms with van der Waals surface area (Å²) < 4.78 is 7.38. The summed E-state index contributed by atoms with van der Waals surface area (Å²) in [6, 6.07) is 6.65. The van der Waals surface area contributed by atoms with Gasteiger partial charge >= 0.3 is 0 Å². The van der Waals surface area contributed by atoms with Gasteiger partial charge < -0.3 is 9.73 Å². The Hall–Kier alpha value is -1.55. The molecule has 0 aliphatic carbocycles. The molecule has 0 radical (unpaired) electrons. The largest absolute Gasteiger partial charge is 0.469 e. The second kappa shape index (κ2) is 7.90. The van der Waals surface area contributed by atoms with Gasteiger partial charge in [0.25, 0.3) is 0 Å². The van der Waals surface area contributed by atoms with Crippen LogP contribution in [0, 0.1) is 0 Å². The molecule has 110 valence electrons. The summed E-state index contributed by atoms with van der Waals surface area (Å²) in [5.74, 6) is 1.08. The maximum Gasteiger partial charge on any atom is 0.103 e. The van der Waals surface area contributed by atoms with E-state index in [2.05, 4.69) is 29.5 Å². The van der Waals surface area contributed by atoms with Crippen LogP contribution in [0.4, 0.5) is 0 Å². The normalized spacial score (nSPS) is 12.7. The summed E-state index contributed by atoms with van der Waals surface area (Å²) in [4.78, 5) is 0. The van der Waals surface area contributed by atoms with Crippen molar-refractivity contribution in [2.24, 2.45) is 7.05 Å². The van der Waals surface area contributed by atoms with Gasteiger partial charge in [-0.15, -0.1) is 0 Å². The van der Waals surface area contributed by atoms with E-state index in [-0.39, 0.29) is 0 Å². The SMILES string of the molecule is CCCNC(CCc1ccco1)CCc1ccnn1C. The number of nitrogens with zero attached hydrogens (tertiary/aromatic N) is 2. The molecule has 0 amide bonds. The molecule has 0 spiro atoms. The van der Waals surface area contributed by atoms with E-state index in [0.29, 0.717) is 6.04 Å². The smallest absolute Gasteiger partial charge is 0.103 e. The van der Waals surface area contributed by atoms with E-state index in [4.69, 9.17) is 4.42 Å². The number of furan rings is 1. The first-order chi connectivity index (χ1) is 9.79. The van der Waals surface area contributed by atoms with Crippen molar-refractivity contribution in [1.82, 2.24) is 15.1 Å². The average Bonchev–Trinajstić information content (AvgIpc) is 3.10. The predicted molar refractivity (Wildman–Crippen MR) is 80.6 cm³/mol. The van der Waals surface area contributed by atoms with Crippen molar-refractivity contribution < 1.29 is 4.42 Å². The standard InChI is InChI=1S/C16H25N3O/c1-3-11-17-14(7-9-16-5-4-13-20-16)6-8-15-10-12-18-19(15)2/h4-5,10,12-14,17H,3,6-9,11H2,1-2H3. The van der Waals surface area contributed by atoms with Gasteiger partial charge in [0.2, 0.25) is 0 Å². The number of hydrogen-bond donors (Lipinski definition) is 1. The van der Waals surface area contributed by atoms with Gasteiger partial charge in [0.15, 0.2) is 0 Å². The highest BCUT2D eigenvalue weighted by atomic mass is 16.3. The molecule has 1 unspecified atom stereocenters. The third-order valence-electron chi connectivity index (χ3n) is 3.67. The second-order valence-electron chi connectivity index (χ2n) is 5.25. The Balaban J connectivity index is 1.81. The number of hydrogen-bond acceptors (Lipinski definition) is 3. The van der Waals surface area contributed by atoms with Gasteiger partial charge in [-0.2, -0.15) is 5.10 Å². The van der Waals surface area contributed by atoms with E-state index >= 15 is 0 Å². The van der Waals surface area contributed by atoms with Crippen LogP contribution in [0.25, 0.3) is 0 Å². The quantitative estimate of drug-likeness (QED) is 0.765. The second-order valence-corrected chi connectivity index (χ2v) is 5.25. The molecule has 2 rings (SSSR count).